The van der Waals surface area contributed by atoms with Gasteiger partial charge in [0.1, 0.15) is 6.04 Å². The van der Waals surface area contributed by atoms with E-state index in [0.29, 0.717) is 5.69 Å². The van der Waals surface area contributed by atoms with E-state index >= 15 is 0 Å². The number of carbonyl (C=O) groups excluding carboxylic acids is 4. The molecular formula is C21H20N2O5. The number of fused-ring (bicyclic) bond motifs is 1. The molecule has 28 heavy (non-hydrogen) atoms. The number of ether oxygens (including phenoxy) is 1. The maximum atomic E-state index is 12.4. The third kappa shape index (κ3) is 3.78. The fourth-order valence-electron chi connectivity index (χ4n) is 2.99. The van der Waals surface area contributed by atoms with Crippen LogP contribution < -0.4 is 5.32 Å². The SMILES string of the molecule is CCc1cccc(NC(=O)COC(=O)[C@H](C)N2C(=O)c3ccccc3C2=O)c1. The van der Waals surface area contributed by atoms with Crippen molar-refractivity contribution in [1.29, 1.82) is 0 Å². The lowest BCUT2D eigenvalue weighted by atomic mass is 10.1. The van der Waals surface area contributed by atoms with Gasteiger partial charge in [0.15, 0.2) is 6.61 Å². The summed E-state index contributed by atoms with van der Waals surface area (Å²) in [7, 11) is 0. The maximum absolute atomic E-state index is 12.4. The van der Waals surface area contributed by atoms with Crippen LogP contribution in [0.25, 0.3) is 0 Å². The number of nitrogens with one attached hydrogen (secondary N) is 1. The van der Waals surface area contributed by atoms with Crippen LogP contribution in [0.4, 0.5) is 5.69 Å². The Balaban J connectivity index is 1.58. The number of anilines is 1. The van der Waals surface area contributed by atoms with Crippen molar-refractivity contribution >= 4 is 29.4 Å². The molecule has 0 aliphatic carbocycles. The smallest absolute Gasteiger partial charge is 0.329 e. The summed E-state index contributed by atoms with van der Waals surface area (Å²) >= 11 is 0. The average Bonchev–Trinajstić information content (AvgIpc) is 2.96. The van der Waals surface area contributed by atoms with E-state index in [9.17, 15) is 19.2 Å². The van der Waals surface area contributed by atoms with Crippen LogP contribution in [0.2, 0.25) is 0 Å². The summed E-state index contributed by atoms with van der Waals surface area (Å²) in [4.78, 5) is 50.0. The van der Waals surface area contributed by atoms with Gasteiger partial charge in [-0.25, -0.2) is 4.79 Å². The van der Waals surface area contributed by atoms with Gasteiger partial charge >= 0.3 is 5.97 Å². The van der Waals surface area contributed by atoms with Crippen LogP contribution in [0.5, 0.6) is 0 Å². The van der Waals surface area contributed by atoms with Gasteiger partial charge in [-0.2, -0.15) is 0 Å². The molecule has 0 fully saturated rings. The highest BCUT2D eigenvalue weighted by Gasteiger charge is 2.41. The van der Waals surface area contributed by atoms with Crippen LogP contribution in [-0.2, 0) is 20.7 Å². The number of carbonyl (C=O) groups is 4. The summed E-state index contributed by atoms with van der Waals surface area (Å²) in [5.41, 5.74) is 2.17. The van der Waals surface area contributed by atoms with E-state index in [0.717, 1.165) is 16.9 Å². The number of esters is 1. The highest BCUT2D eigenvalue weighted by molar-refractivity contribution is 6.22. The van der Waals surface area contributed by atoms with Gasteiger partial charge in [-0.1, -0.05) is 31.2 Å². The zero-order valence-electron chi connectivity index (χ0n) is 15.6. The van der Waals surface area contributed by atoms with Crippen molar-refractivity contribution in [2.24, 2.45) is 0 Å². The Labute approximate surface area is 162 Å². The van der Waals surface area contributed by atoms with E-state index in [1.807, 2.05) is 25.1 Å². The monoisotopic (exact) mass is 380 g/mol. The van der Waals surface area contributed by atoms with E-state index in [1.54, 1.807) is 18.2 Å². The number of benzene rings is 2. The second-order valence-corrected chi connectivity index (χ2v) is 6.41. The molecule has 2 aromatic carbocycles. The molecule has 0 unspecified atom stereocenters. The zero-order valence-corrected chi connectivity index (χ0v) is 15.6. The lowest BCUT2D eigenvalue weighted by Crippen LogP contribution is -2.44. The predicted octanol–water partition coefficient (Wildman–Crippen LogP) is 2.42. The number of nitrogens with zero attached hydrogens (tertiary/aromatic N) is 1. The zero-order chi connectivity index (χ0) is 20.3. The lowest BCUT2D eigenvalue weighted by Gasteiger charge is -2.20. The molecule has 1 N–H and O–H groups in total. The van der Waals surface area contributed by atoms with Crippen molar-refractivity contribution in [2.45, 2.75) is 26.3 Å². The van der Waals surface area contributed by atoms with Gasteiger partial charge < -0.3 is 10.1 Å². The Hall–Kier alpha value is -3.48. The quantitative estimate of drug-likeness (QED) is 0.614. The lowest BCUT2D eigenvalue weighted by molar-refractivity contribution is -0.150. The summed E-state index contributed by atoms with van der Waals surface area (Å²) in [6.07, 6.45) is 0.830. The van der Waals surface area contributed by atoms with Crippen LogP contribution in [0.15, 0.2) is 48.5 Å². The molecule has 7 heteroatoms. The first-order valence-corrected chi connectivity index (χ1v) is 8.94. The standard InChI is InChI=1S/C21H20N2O5/c1-3-14-7-6-8-15(11-14)22-18(24)12-28-21(27)13(2)23-19(25)16-9-4-5-10-17(16)20(23)26/h4-11,13H,3,12H2,1-2H3,(H,22,24)/t13-/m0/s1. The molecule has 1 aliphatic heterocycles. The normalized spacial score (nSPS) is 13.9. The Morgan fingerprint density at radius 3 is 2.29 bits per heavy atom. The minimum absolute atomic E-state index is 0.251. The number of aryl methyl sites for hydroxylation is 1. The molecule has 1 aliphatic rings. The Morgan fingerprint density at radius 2 is 1.68 bits per heavy atom. The van der Waals surface area contributed by atoms with Crippen molar-refractivity contribution in [2.75, 3.05) is 11.9 Å². The number of imide groups is 1. The molecule has 1 heterocycles. The summed E-state index contributed by atoms with van der Waals surface area (Å²) in [6, 6.07) is 12.6. The van der Waals surface area contributed by atoms with Crippen LogP contribution in [0.1, 0.15) is 40.1 Å². The molecule has 0 radical (unpaired) electrons. The van der Waals surface area contributed by atoms with Crippen molar-refractivity contribution in [3.05, 3.63) is 65.2 Å². The highest BCUT2D eigenvalue weighted by Crippen LogP contribution is 2.24. The fourth-order valence-corrected chi connectivity index (χ4v) is 2.99. The van der Waals surface area contributed by atoms with Crippen molar-refractivity contribution in [3.8, 4) is 0 Å². The minimum atomic E-state index is -1.14. The van der Waals surface area contributed by atoms with Gasteiger partial charge in [0.25, 0.3) is 17.7 Å². The third-order valence-corrected chi connectivity index (χ3v) is 4.52. The number of amides is 3. The van der Waals surface area contributed by atoms with Gasteiger partial charge in [-0.15, -0.1) is 0 Å². The molecule has 0 saturated heterocycles. The van der Waals surface area contributed by atoms with Crippen molar-refractivity contribution in [1.82, 2.24) is 4.90 Å². The first-order chi connectivity index (χ1) is 13.4. The van der Waals surface area contributed by atoms with Crippen molar-refractivity contribution < 1.29 is 23.9 Å². The Bertz CT molecular complexity index is 918. The Kier molecular flexibility index (Phi) is 5.54. The largest absolute Gasteiger partial charge is 0.454 e. The summed E-state index contributed by atoms with van der Waals surface area (Å²) < 4.78 is 5.01. The first kappa shape index (κ1) is 19.3. The topological polar surface area (TPSA) is 92.8 Å². The van der Waals surface area contributed by atoms with Gasteiger partial charge in [0, 0.05) is 5.69 Å². The molecule has 2 aromatic rings. The number of hydrogen-bond donors (Lipinski definition) is 1. The molecule has 7 nitrogen and oxygen atoms in total. The second kappa shape index (κ2) is 8.04. The van der Waals surface area contributed by atoms with Gasteiger partial charge in [0.2, 0.25) is 0 Å². The molecule has 0 saturated carbocycles. The molecule has 3 rings (SSSR count). The predicted molar refractivity (Wildman–Crippen MR) is 102 cm³/mol. The molecule has 0 spiro atoms. The summed E-state index contributed by atoms with van der Waals surface area (Å²) in [6.45, 7) is 2.89. The molecule has 1 atom stereocenters. The van der Waals surface area contributed by atoms with Crippen LogP contribution in [-0.4, -0.2) is 41.2 Å². The van der Waals surface area contributed by atoms with Crippen molar-refractivity contribution in [3.63, 3.8) is 0 Å². The van der Waals surface area contributed by atoms with E-state index in [2.05, 4.69) is 5.32 Å². The van der Waals surface area contributed by atoms with Gasteiger partial charge in [-0.3, -0.25) is 19.3 Å². The third-order valence-electron chi connectivity index (χ3n) is 4.52. The molecular weight excluding hydrogens is 360 g/mol. The minimum Gasteiger partial charge on any atom is -0.454 e. The molecule has 3 amide bonds. The summed E-state index contributed by atoms with van der Waals surface area (Å²) in [5.74, 6) is -2.43. The number of rotatable bonds is 6. The van der Waals surface area contributed by atoms with Crippen LogP contribution >= 0.6 is 0 Å². The second-order valence-electron chi connectivity index (χ2n) is 6.41. The first-order valence-electron chi connectivity index (χ1n) is 8.94. The maximum Gasteiger partial charge on any atom is 0.329 e. The number of hydrogen-bond acceptors (Lipinski definition) is 5. The van der Waals surface area contributed by atoms with Gasteiger partial charge in [-0.05, 0) is 43.2 Å². The summed E-state index contributed by atoms with van der Waals surface area (Å²) in [5, 5.41) is 2.65. The Morgan fingerprint density at radius 1 is 1.04 bits per heavy atom. The van der Waals surface area contributed by atoms with Crippen LogP contribution in [0.3, 0.4) is 0 Å². The fraction of sp³-hybridized carbons (Fsp3) is 0.238. The highest BCUT2D eigenvalue weighted by atomic mass is 16.5. The molecule has 144 valence electrons. The average molecular weight is 380 g/mol. The van der Waals surface area contributed by atoms with Crippen LogP contribution in [0, 0.1) is 0 Å². The molecule has 0 aromatic heterocycles. The van der Waals surface area contributed by atoms with E-state index in [-0.39, 0.29) is 11.1 Å². The van der Waals surface area contributed by atoms with E-state index in [1.165, 1.54) is 19.1 Å². The molecule has 0 bridgehead atoms. The van der Waals surface area contributed by atoms with E-state index in [4.69, 9.17) is 4.74 Å². The van der Waals surface area contributed by atoms with E-state index < -0.39 is 36.3 Å². The van der Waals surface area contributed by atoms with Gasteiger partial charge in [0.05, 0.1) is 11.1 Å².